The van der Waals surface area contributed by atoms with Crippen LogP contribution in [-0.4, -0.2) is 81.3 Å². The molecular formula is C12H18N2O7. The molecule has 0 spiro atoms. The number of aliphatic hydroxyl groups excluding tert-OH is 3. The van der Waals surface area contributed by atoms with Crippen molar-refractivity contribution in [3.63, 3.8) is 0 Å². The van der Waals surface area contributed by atoms with Gasteiger partial charge in [0.2, 0.25) is 6.29 Å². The van der Waals surface area contributed by atoms with Gasteiger partial charge in [-0.05, 0) is 6.92 Å². The summed E-state index contributed by atoms with van der Waals surface area (Å²) in [6, 6.07) is -0.770. The van der Waals surface area contributed by atoms with E-state index in [1.165, 1.54) is 4.90 Å². The van der Waals surface area contributed by atoms with Crippen LogP contribution < -0.4 is 0 Å². The van der Waals surface area contributed by atoms with Crippen molar-refractivity contribution in [2.24, 2.45) is 0 Å². The lowest BCUT2D eigenvalue weighted by Gasteiger charge is -2.49. The van der Waals surface area contributed by atoms with Crippen LogP contribution in [0.5, 0.6) is 0 Å². The Kier molecular flexibility index (Phi) is 4.19. The van der Waals surface area contributed by atoms with E-state index in [0.29, 0.717) is 5.70 Å². The Morgan fingerprint density at radius 3 is 2.52 bits per heavy atom. The molecule has 0 aromatic heterocycles. The molecule has 0 unspecified atom stereocenters. The van der Waals surface area contributed by atoms with Gasteiger partial charge in [-0.25, -0.2) is 4.79 Å². The Bertz CT molecular complexity index is 492. The third-order valence-corrected chi connectivity index (χ3v) is 3.83. The van der Waals surface area contributed by atoms with Crippen molar-refractivity contribution in [1.29, 1.82) is 5.41 Å². The first-order chi connectivity index (χ1) is 9.79. The Balaban J connectivity index is 2.35. The largest absolute Gasteiger partial charge is 0.476 e. The normalized spacial score (nSPS) is 36.0. The molecule has 2 rings (SSSR count). The molecule has 9 nitrogen and oxygen atoms in total. The highest BCUT2D eigenvalue weighted by Gasteiger charge is 2.50. The third-order valence-electron chi connectivity index (χ3n) is 3.83. The minimum absolute atomic E-state index is 0.175. The monoisotopic (exact) mass is 302 g/mol. The molecule has 2 aliphatic heterocycles. The molecule has 0 saturated carbocycles. The summed E-state index contributed by atoms with van der Waals surface area (Å²) in [7, 11) is 1.57. The van der Waals surface area contributed by atoms with E-state index in [9.17, 15) is 15.0 Å². The van der Waals surface area contributed by atoms with Crippen LogP contribution in [0.4, 0.5) is 0 Å². The van der Waals surface area contributed by atoms with Crippen molar-refractivity contribution in [2.75, 3.05) is 13.7 Å². The second kappa shape index (κ2) is 5.60. The Morgan fingerprint density at radius 2 is 2.00 bits per heavy atom. The molecule has 21 heavy (non-hydrogen) atoms. The number of hydrogen-bond donors (Lipinski definition) is 5. The van der Waals surface area contributed by atoms with E-state index < -0.39 is 48.9 Å². The zero-order valence-electron chi connectivity index (χ0n) is 11.6. The van der Waals surface area contributed by atoms with Gasteiger partial charge in [0.05, 0.1) is 12.3 Å². The molecule has 5 atom stereocenters. The number of fused-ring (bicyclic) bond motifs is 1. The summed E-state index contributed by atoms with van der Waals surface area (Å²) in [5.74, 6) is -1.63. The lowest BCUT2D eigenvalue weighted by atomic mass is 9.94. The smallest absolute Gasteiger partial charge is 0.357 e. The summed E-state index contributed by atoms with van der Waals surface area (Å²) in [6.45, 7) is 1.02. The fourth-order valence-electron chi connectivity index (χ4n) is 2.50. The number of likely N-dealkylation sites (N-methyl/N-ethyl adjacent to an activating group) is 1. The maximum absolute atomic E-state index is 10.9. The average Bonchev–Trinajstić information content (AvgIpc) is 2.45. The lowest BCUT2D eigenvalue weighted by molar-refractivity contribution is -0.279. The Morgan fingerprint density at radius 1 is 1.38 bits per heavy atom. The number of nitrogens with one attached hydrogen (secondary N) is 1. The van der Waals surface area contributed by atoms with Crippen molar-refractivity contribution < 1.29 is 34.7 Å². The molecule has 1 fully saturated rings. The van der Waals surface area contributed by atoms with Crippen molar-refractivity contribution in [3.05, 3.63) is 11.5 Å². The Hall–Kier alpha value is -1.68. The third kappa shape index (κ3) is 2.48. The number of aliphatic carboxylic acids is 1. The van der Waals surface area contributed by atoms with Crippen LogP contribution in [-0.2, 0) is 14.3 Å². The first kappa shape index (κ1) is 15.7. The van der Waals surface area contributed by atoms with Gasteiger partial charge in [-0.1, -0.05) is 0 Å². The molecule has 0 bridgehead atoms. The predicted molar refractivity (Wildman–Crippen MR) is 68.5 cm³/mol. The van der Waals surface area contributed by atoms with E-state index in [1.807, 2.05) is 0 Å². The molecule has 0 aromatic carbocycles. The summed E-state index contributed by atoms with van der Waals surface area (Å²) in [5, 5.41) is 45.6. The topological polar surface area (TPSA) is 144 Å². The number of carbonyl (C=O) groups is 1. The number of rotatable bonds is 3. The number of aliphatic hydroxyl groups is 3. The minimum Gasteiger partial charge on any atom is -0.476 e. The van der Waals surface area contributed by atoms with Crippen LogP contribution in [0.3, 0.4) is 0 Å². The van der Waals surface area contributed by atoms with Gasteiger partial charge in [0.25, 0.3) is 0 Å². The van der Waals surface area contributed by atoms with Crippen molar-refractivity contribution in [3.8, 4) is 0 Å². The van der Waals surface area contributed by atoms with Gasteiger partial charge in [0.1, 0.15) is 24.4 Å². The van der Waals surface area contributed by atoms with Crippen LogP contribution >= 0.6 is 0 Å². The van der Waals surface area contributed by atoms with Crippen LogP contribution in [0.15, 0.2) is 11.5 Å². The van der Waals surface area contributed by atoms with Gasteiger partial charge in [-0.2, -0.15) is 0 Å². The highest BCUT2D eigenvalue weighted by atomic mass is 16.7. The Labute approximate surface area is 120 Å². The van der Waals surface area contributed by atoms with E-state index in [1.54, 1.807) is 14.0 Å². The maximum atomic E-state index is 10.9. The molecule has 1 saturated heterocycles. The fraction of sp³-hybridized carbons (Fsp3) is 0.667. The van der Waals surface area contributed by atoms with Crippen LogP contribution in [0.25, 0.3) is 0 Å². The molecular weight excluding hydrogens is 284 g/mol. The molecule has 118 valence electrons. The predicted octanol–water partition coefficient (Wildman–Crippen LogP) is -1.91. The quantitative estimate of drug-likeness (QED) is 0.380. The molecule has 0 aromatic rings. The number of allylic oxidation sites excluding steroid dienone is 1. The first-order valence-corrected chi connectivity index (χ1v) is 6.34. The minimum atomic E-state index is -1.45. The van der Waals surface area contributed by atoms with Gasteiger partial charge in [0, 0.05) is 7.05 Å². The van der Waals surface area contributed by atoms with Crippen molar-refractivity contribution in [2.45, 2.75) is 37.6 Å². The summed E-state index contributed by atoms with van der Waals surface area (Å²) < 4.78 is 10.7. The second-order valence-electron chi connectivity index (χ2n) is 5.02. The molecule has 9 heteroatoms. The van der Waals surface area contributed by atoms with Crippen molar-refractivity contribution in [1.82, 2.24) is 4.90 Å². The van der Waals surface area contributed by atoms with Crippen LogP contribution in [0.1, 0.15) is 6.92 Å². The molecule has 0 aliphatic carbocycles. The molecule has 0 amide bonds. The SMILES string of the molecule is CC1=C(C(=N)C(=O)O)O[C@H]2O[C@H](CO)[C@H](O)[C@H](O)[C@H]2N1C. The van der Waals surface area contributed by atoms with E-state index >= 15 is 0 Å². The lowest BCUT2D eigenvalue weighted by Crippen LogP contribution is -2.65. The number of carboxylic acids is 1. The summed E-state index contributed by atoms with van der Waals surface area (Å²) in [5.41, 5.74) is -0.400. The van der Waals surface area contributed by atoms with Gasteiger partial charge in [-0.15, -0.1) is 0 Å². The summed E-state index contributed by atoms with van der Waals surface area (Å²) in [4.78, 5) is 12.4. The summed E-state index contributed by atoms with van der Waals surface area (Å²) in [6.07, 6.45) is -4.69. The highest BCUT2D eigenvalue weighted by molar-refractivity contribution is 6.40. The van der Waals surface area contributed by atoms with E-state index in [0.717, 1.165) is 0 Å². The van der Waals surface area contributed by atoms with E-state index in [2.05, 4.69) is 0 Å². The van der Waals surface area contributed by atoms with Crippen LogP contribution in [0.2, 0.25) is 0 Å². The van der Waals surface area contributed by atoms with Gasteiger partial charge in [0.15, 0.2) is 11.5 Å². The zero-order valence-corrected chi connectivity index (χ0v) is 11.6. The number of ether oxygens (including phenoxy) is 2. The summed E-state index contributed by atoms with van der Waals surface area (Å²) >= 11 is 0. The fourth-order valence-corrected chi connectivity index (χ4v) is 2.50. The average molecular weight is 302 g/mol. The van der Waals surface area contributed by atoms with E-state index in [4.69, 9.17) is 25.1 Å². The number of carboxylic acid groups (broad SMARTS) is 1. The van der Waals surface area contributed by atoms with Crippen LogP contribution in [0, 0.1) is 5.41 Å². The molecule has 2 heterocycles. The molecule has 2 aliphatic rings. The standard InChI is InChI=1S/C12H18N2O7/c1-4-10(6(13)11(18)19)21-12-7(14(4)2)9(17)8(16)5(3-15)20-12/h5,7-9,12-13,15-17H,3H2,1-2H3,(H,18,19)/t5-,7-,8+,9-,12-/m1/s1. The van der Waals surface area contributed by atoms with Gasteiger partial charge < -0.3 is 34.8 Å². The molecule has 0 radical (unpaired) electrons. The number of hydrogen-bond acceptors (Lipinski definition) is 8. The van der Waals surface area contributed by atoms with Gasteiger partial charge >= 0.3 is 5.97 Å². The van der Waals surface area contributed by atoms with Crippen molar-refractivity contribution >= 4 is 11.7 Å². The first-order valence-electron chi connectivity index (χ1n) is 6.34. The number of nitrogens with zero attached hydrogens (tertiary/aromatic N) is 1. The maximum Gasteiger partial charge on any atom is 0.357 e. The molecule has 5 N–H and O–H groups in total. The van der Waals surface area contributed by atoms with Gasteiger partial charge in [-0.3, -0.25) is 5.41 Å². The zero-order chi connectivity index (χ0) is 15.9. The van der Waals surface area contributed by atoms with E-state index in [-0.39, 0.29) is 5.76 Å². The second-order valence-corrected chi connectivity index (χ2v) is 5.02. The highest BCUT2D eigenvalue weighted by Crippen LogP contribution is 2.33.